The average Bonchev–Trinajstić information content (AvgIpc) is 3.16. The standard InChI is InChI=1S/C19H22N2O2S/c1-12(15-11-24-17-7-3-2-5-14(15)17)20-18(22)16-6-4-10-21(16)19(23)13-8-9-13/h2-3,5,7,11-13,16H,4,6,8-10H2,1H3,(H,20,22)/t12-,16+/m1/s1. The Hall–Kier alpha value is -1.88. The Morgan fingerprint density at radius 3 is 2.83 bits per heavy atom. The molecule has 126 valence electrons. The molecule has 2 aromatic rings. The quantitative estimate of drug-likeness (QED) is 0.925. The Labute approximate surface area is 145 Å². The van der Waals surface area contributed by atoms with Crippen molar-refractivity contribution in [3.8, 4) is 0 Å². The molecule has 1 N–H and O–H groups in total. The second kappa shape index (κ2) is 6.20. The number of nitrogens with zero attached hydrogens (tertiary/aromatic N) is 1. The molecule has 1 aliphatic carbocycles. The van der Waals surface area contributed by atoms with Crippen LogP contribution in [0, 0.1) is 5.92 Å². The molecule has 1 aromatic carbocycles. The number of amides is 2. The summed E-state index contributed by atoms with van der Waals surface area (Å²) < 4.78 is 1.24. The molecule has 1 saturated carbocycles. The SMILES string of the molecule is C[C@@H](NC(=O)[C@@H]1CCCN1C(=O)C1CC1)c1csc2ccccc12. The Balaban J connectivity index is 1.47. The van der Waals surface area contributed by atoms with Gasteiger partial charge in [-0.1, -0.05) is 18.2 Å². The van der Waals surface area contributed by atoms with E-state index in [9.17, 15) is 9.59 Å². The molecule has 24 heavy (non-hydrogen) atoms. The number of likely N-dealkylation sites (tertiary alicyclic amines) is 1. The molecule has 0 radical (unpaired) electrons. The fourth-order valence-electron chi connectivity index (χ4n) is 3.59. The summed E-state index contributed by atoms with van der Waals surface area (Å²) in [6.45, 7) is 2.75. The first-order chi connectivity index (χ1) is 11.6. The minimum atomic E-state index is -0.287. The normalized spacial score (nSPS) is 21.9. The molecule has 2 amide bonds. The number of rotatable bonds is 4. The molecule has 1 saturated heterocycles. The van der Waals surface area contributed by atoms with Gasteiger partial charge >= 0.3 is 0 Å². The van der Waals surface area contributed by atoms with Crippen molar-refractivity contribution in [2.45, 2.75) is 44.7 Å². The molecule has 1 aromatic heterocycles. The predicted molar refractivity (Wildman–Crippen MR) is 95.8 cm³/mol. The van der Waals surface area contributed by atoms with Crippen LogP contribution in [0.2, 0.25) is 0 Å². The summed E-state index contributed by atoms with van der Waals surface area (Å²) in [5, 5.41) is 6.46. The number of nitrogens with one attached hydrogen (secondary N) is 1. The summed E-state index contributed by atoms with van der Waals surface area (Å²) in [4.78, 5) is 26.9. The number of fused-ring (bicyclic) bond motifs is 1. The summed E-state index contributed by atoms with van der Waals surface area (Å²) in [5.74, 6) is 0.349. The lowest BCUT2D eigenvalue weighted by atomic mass is 10.1. The van der Waals surface area contributed by atoms with E-state index >= 15 is 0 Å². The monoisotopic (exact) mass is 342 g/mol. The lowest BCUT2D eigenvalue weighted by Gasteiger charge is -2.25. The highest BCUT2D eigenvalue weighted by Gasteiger charge is 2.41. The van der Waals surface area contributed by atoms with Crippen LogP contribution < -0.4 is 5.32 Å². The number of benzene rings is 1. The maximum absolute atomic E-state index is 12.7. The largest absolute Gasteiger partial charge is 0.348 e. The average molecular weight is 342 g/mol. The molecular formula is C19H22N2O2S. The van der Waals surface area contributed by atoms with Crippen LogP contribution >= 0.6 is 11.3 Å². The van der Waals surface area contributed by atoms with Crippen molar-refractivity contribution < 1.29 is 9.59 Å². The molecule has 1 aliphatic heterocycles. The van der Waals surface area contributed by atoms with E-state index in [1.54, 1.807) is 11.3 Å². The van der Waals surface area contributed by atoms with Gasteiger partial charge in [0.2, 0.25) is 11.8 Å². The van der Waals surface area contributed by atoms with Gasteiger partial charge in [0, 0.05) is 17.2 Å². The van der Waals surface area contributed by atoms with Gasteiger partial charge in [-0.25, -0.2) is 0 Å². The number of hydrogen-bond donors (Lipinski definition) is 1. The van der Waals surface area contributed by atoms with E-state index in [4.69, 9.17) is 0 Å². The van der Waals surface area contributed by atoms with Crippen molar-refractivity contribution in [1.82, 2.24) is 10.2 Å². The zero-order valence-electron chi connectivity index (χ0n) is 13.8. The van der Waals surface area contributed by atoms with Crippen LogP contribution in [0.25, 0.3) is 10.1 Å². The van der Waals surface area contributed by atoms with Crippen LogP contribution in [0.3, 0.4) is 0 Å². The zero-order chi connectivity index (χ0) is 16.7. The third-order valence-electron chi connectivity index (χ3n) is 5.10. The molecule has 4 nitrogen and oxygen atoms in total. The van der Waals surface area contributed by atoms with Gasteiger partial charge < -0.3 is 10.2 Å². The van der Waals surface area contributed by atoms with E-state index in [2.05, 4.69) is 22.8 Å². The molecule has 2 atom stereocenters. The fraction of sp³-hybridized carbons (Fsp3) is 0.474. The van der Waals surface area contributed by atoms with E-state index in [0.717, 1.165) is 37.8 Å². The molecule has 2 fully saturated rings. The topological polar surface area (TPSA) is 49.4 Å². The highest BCUT2D eigenvalue weighted by Crippen LogP contribution is 2.34. The Morgan fingerprint density at radius 2 is 2.04 bits per heavy atom. The van der Waals surface area contributed by atoms with Crippen molar-refractivity contribution in [1.29, 1.82) is 0 Å². The molecule has 0 spiro atoms. The third-order valence-corrected chi connectivity index (χ3v) is 6.08. The Morgan fingerprint density at radius 1 is 1.25 bits per heavy atom. The van der Waals surface area contributed by atoms with Crippen molar-refractivity contribution in [3.63, 3.8) is 0 Å². The second-order valence-corrected chi connectivity index (χ2v) is 7.79. The van der Waals surface area contributed by atoms with E-state index in [1.165, 1.54) is 10.1 Å². The second-order valence-electron chi connectivity index (χ2n) is 6.88. The van der Waals surface area contributed by atoms with Crippen molar-refractivity contribution in [2.24, 2.45) is 5.92 Å². The molecule has 4 rings (SSSR count). The van der Waals surface area contributed by atoms with Crippen LogP contribution in [-0.2, 0) is 9.59 Å². The molecule has 0 bridgehead atoms. The first-order valence-corrected chi connectivity index (χ1v) is 9.60. The molecule has 2 heterocycles. The predicted octanol–water partition coefficient (Wildman–Crippen LogP) is 3.48. The van der Waals surface area contributed by atoms with Crippen molar-refractivity contribution >= 4 is 33.2 Å². The summed E-state index contributed by atoms with van der Waals surface area (Å²) in [5.41, 5.74) is 1.15. The number of carbonyl (C=O) groups excluding carboxylic acids is 2. The first-order valence-electron chi connectivity index (χ1n) is 8.72. The minimum Gasteiger partial charge on any atom is -0.348 e. The van der Waals surface area contributed by atoms with Gasteiger partial charge in [-0.3, -0.25) is 9.59 Å². The molecule has 2 aliphatic rings. The molecule has 5 heteroatoms. The highest BCUT2D eigenvalue weighted by atomic mass is 32.1. The number of thiophene rings is 1. The van der Waals surface area contributed by atoms with Crippen LogP contribution in [0.1, 0.15) is 44.2 Å². The van der Waals surface area contributed by atoms with Crippen LogP contribution in [0.15, 0.2) is 29.6 Å². The van der Waals surface area contributed by atoms with Gasteiger partial charge in [0.1, 0.15) is 6.04 Å². The number of carbonyl (C=O) groups is 2. The van der Waals surface area contributed by atoms with Crippen molar-refractivity contribution in [3.05, 3.63) is 35.2 Å². The summed E-state index contributed by atoms with van der Waals surface area (Å²) in [7, 11) is 0. The summed E-state index contributed by atoms with van der Waals surface area (Å²) >= 11 is 1.70. The van der Waals surface area contributed by atoms with E-state index < -0.39 is 0 Å². The van der Waals surface area contributed by atoms with Gasteiger partial charge in [0.25, 0.3) is 0 Å². The van der Waals surface area contributed by atoms with Crippen molar-refractivity contribution in [2.75, 3.05) is 6.54 Å². The Bertz CT molecular complexity index is 781. The maximum Gasteiger partial charge on any atom is 0.243 e. The third kappa shape index (κ3) is 2.81. The lowest BCUT2D eigenvalue weighted by molar-refractivity contribution is -0.139. The molecule has 0 unspecified atom stereocenters. The van der Waals surface area contributed by atoms with Gasteiger partial charge in [-0.2, -0.15) is 0 Å². The van der Waals surface area contributed by atoms with Gasteiger partial charge in [-0.05, 0) is 55.0 Å². The molecular weight excluding hydrogens is 320 g/mol. The van der Waals surface area contributed by atoms with Gasteiger partial charge in [0.15, 0.2) is 0 Å². The zero-order valence-corrected chi connectivity index (χ0v) is 14.6. The van der Waals surface area contributed by atoms with E-state index in [1.807, 2.05) is 24.0 Å². The minimum absolute atomic E-state index is 0.00992. The summed E-state index contributed by atoms with van der Waals surface area (Å²) in [6.07, 6.45) is 3.68. The lowest BCUT2D eigenvalue weighted by Crippen LogP contribution is -2.47. The van der Waals surface area contributed by atoms with Gasteiger partial charge in [0.05, 0.1) is 6.04 Å². The number of hydrogen-bond acceptors (Lipinski definition) is 3. The highest BCUT2D eigenvalue weighted by molar-refractivity contribution is 7.17. The van der Waals surface area contributed by atoms with E-state index in [-0.39, 0.29) is 29.8 Å². The van der Waals surface area contributed by atoms with Crippen LogP contribution in [0.5, 0.6) is 0 Å². The fourth-order valence-corrected chi connectivity index (χ4v) is 4.64. The first kappa shape index (κ1) is 15.6. The van der Waals surface area contributed by atoms with Crippen LogP contribution in [-0.4, -0.2) is 29.3 Å². The maximum atomic E-state index is 12.7. The smallest absolute Gasteiger partial charge is 0.243 e. The summed E-state index contributed by atoms with van der Waals surface area (Å²) in [6, 6.07) is 7.93. The Kier molecular flexibility index (Phi) is 4.04. The van der Waals surface area contributed by atoms with Crippen LogP contribution in [0.4, 0.5) is 0 Å². The van der Waals surface area contributed by atoms with E-state index in [0.29, 0.717) is 0 Å². The van der Waals surface area contributed by atoms with Gasteiger partial charge in [-0.15, -0.1) is 11.3 Å².